The number of ether oxygens (including phenoxy) is 2. The zero-order chi connectivity index (χ0) is 19.4. The Morgan fingerprint density at radius 3 is 2.63 bits per heavy atom. The molecule has 0 aliphatic heterocycles. The highest BCUT2D eigenvalue weighted by atomic mass is 32.1. The normalized spacial score (nSPS) is 11.7. The van der Waals surface area contributed by atoms with Crippen LogP contribution in [0.15, 0.2) is 48.7 Å². The van der Waals surface area contributed by atoms with Crippen LogP contribution < -0.4 is 14.8 Å². The largest absolute Gasteiger partial charge is 0.508 e. The first-order valence-corrected chi connectivity index (χ1v) is 8.89. The number of phenolic OH excluding ortho intramolecular Hbond substituents is 1. The summed E-state index contributed by atoms with van der Waals surface area (Å²) in [5.74, 6) is -0.397. The van der Waals surface area contributed by atoms with E-state index in [-0.39, 0.29) is 28.6 Å². The molecule has 1 heterocycles. The van der Waals surface area contributed by atoms with Crippen LogP contribution >= 0.6 is 11.3 Å². The number of hydrogen-bond acceptors (Lipinski definition) is 6. The zero-order valence-electron chi connectivity index (χ0n) is 14.6. The fourth-order valence-electron chi connectivity index (χ4n) is 2.33. The van der Waals surface area contributed by atoms with Gasteiger partial charge in [-0.15, -0.1) is 0 Å². The summed E-state index contributed by atoms with van der Waals surface area (Å²) >= 11 is 1.11. The minimum absolute atomic E-state index is 0.0370. The highest BCUT2D eigenvalue weighted by Gasteiger charge is 2.11. The lowest BCUT2D eigenvalue weighted by atomic mass is 10.1. The summed E-state index contributed by atoms with van der Waals surface area (Å²) in [6, 6.07) is 10.8. The fourth-order valence-corrected chi connectivity index (χ4v) is 2.99. The molecular formula is C19H17FN2O4S. The first-order chi connectivity index (χ1) is 12.9. The molecule has 1 aromatic heterocycles. The van der Waals surface area contributed by atoms with E-state index in [1.807, 2.05) is 19.1 Å². The third-order valence-corrected chi connectivity index (χ3v) is 4.35. The lowest BCUT2D eigenvalue weighted by molar-refractivity contribution is -0.119. The van der Waals surface area contributed by atoms with Crippen LogP contribution in [0.5, 0.6) is 27.5 Å². The highest BCUT2D eigenvalue weighted by molar-refractivity contribution is 7.15. The Morgan fingerprint density at radius 2 is 1.96 bits per heavy atom. The molecule has 0 spiro atoms. The number of phenols is 1. The van der Waals surface area contributed by atoms with E-state index in [1.54, 1.807) is 12.1 Å². The second kappa shape index (κ2) is 8.05. The van der Waals surface area contributed by atoms with Crippen molar-refractivity contribution in [2.75, 3.05) is 0 Å². The predicted octanol–water partition coefficient (Wildman–Crippen LogP) is 4.77. The molecule has 0 fully saturated rings. The van der Waals surface area contributed by atoms with Gasteiger partial charge in [-0.1, -0.05) is 12.1 Å². The van der Waals surface area contributed by atoms with E-state index in [1.165, 1.54) is 25.3 Å². The predicted molar refractivity (Wildman–Crippen MR) is 99.0 cm³/mol. The van der Waals surface area contributed by atoms with E-state index in [4.69, 9.17) is 9.47 Å². The van der Waals surface area contributed by atoms with Crippen LogP contribution in [0.4, 0.5) is 4.39 Å². The van der Waals surface area contributed by atoms with Gasteiger partial charge in [-0.2, -0.15) is 0 Å². The Morgan fingerprint density at radius 1 is 1.22 bits per heavy atom. The maximum Gasteiger partial charge on any atom is 0.282 e. The zero-order valence-corrected chi connectivity index (χ0v) is 15.4. The van der Waals surface area contributed by atoms with Crippen molar-refractivity contribution in [2.24, 2.45) is 0 Å². The molecule has 8 heteroatoms. The van der Waals surface area contributed by atoms with Gasteiger partial charge in [0.2, 0.25) is 11.0 Å². The van der Waals surface area contributed by atoms with Gasteiger partial charge < -0.3 is 19.9 Å². The average Bonchev–Trinajstić information content (AvgIpc) is 3.04. The molecule has 0 radical (unpaired) electrons. The smallest absolute Gasteiger partial charge is 0.282 e. The van der Waals surface area contributed by atoms with Crippen LogP contribution in [0.3, 0.4) is 0 Å². The minimum Gasteiger partial charge on any atom is -0.508 e. The Kier molecular flexibility index (Phi) is 5.56. The molecule has 1 amide bonds. The quantitative estimate of drug-likeness (QED) is 0.636. The van der Waals surface area contributed by atoms with Crippen molar-refractivity contribution in [1.29, 1.82) is 0 Å². The summed E-state index contributed by atoms with van der Waals surface area (Å²) in [6.07, 6.45) is 1.48. The lowest BCUT2D eigenvalue weighted by Crippen LogP contribution is -2.23. The molecule has 27 heavy (non-hydrogen) atoms. The van der Waals surface area contributed by atoms with Crippen molar-refractivity contribution in [2.45, 2.75) is 19.9 Å². The van der Waals surface area contributed by atoms with Gasteiger partial charge in [0.1, 0.15) is 11.5 Å². The van der Waals surface area contributed by atoms with Crippen molar-refractivity contribution < 1.29 is 23.8 Å². The molecule has 0 saturated heterocycles. The number of aromatic nitrogens is 1. The topological polar surface area (TPSA) is 80.7 Å². The number of nitrogens with zero attached hydrogens (tertiary/aromatic N) is 1. The summed E-state index contributed by atoms with van der Waals surface area (Å²) in [5.41, 5.74) is 0.952. The number of benzene rings is 2. The van der Waals surface area contributed by atoms with Crippen molar-refractivity contribution >= 4 is 17.2 Å². The summed E-state index contributed by atoms with van der Waals surface area (Å²) in [7, 11) is 0. The summed E-state index contributed by atoms with van der Waals surface area (Å²) in [5, 5.41) is 12.7. The summed E-state index contributed by atoms with van der Waals surface area (Å²) < 4.78 is 24.8. The molecule has 3 aromatic rings. The second-order valence-corrected chi connectivity index (χ2v) is 6.71. The Labute approximate surface area is 159 Å². The summed E-state index contributed by atoms with van der Waals surface area (Å²) in [6.45, 7) is 3.37. The Bertz CT molecular complexity index is 943. The standard InChI is InChI=1S/C19H17FN2O4S/c1-11(22-12(2)23)13-3-6-15(7-4-13)25-18-10-21-19(27-18)26-17-8-5-14(24)9-16(17)20/h3-11,24H,1-2H3,(H,22,23). The molecule has 2 aromatic carbocycles. The number of nitrogens with one attached hydrogen (secondary N) is 1. The number of carbonyl (C=O) groups excluding carboxylic acids is 1. The molecule has 2 N–H and O–H groups in total. The Balaban J connectivity index is 1.64. The van der Waals surface area contributed by atoms with Crippen molar-refractivity contribution in [3.8, 4) is 27.5 Å². The van der Waals surface area contributed by atoms with Crippen LogP contribution in [0.25, 0.3) is 0 Å². The van der Waals surface area contributed by atoms with Crippen LogP contribution in [0, 0.1) is 5.82 Å². The van der Waals surface area contributed by atoms with E-state index in [0.29, 0.717) is 10.8 Å². The molecule has 140 valence electrons. The molecule has 0 bridgehead atoms. The third kappa shape index (κ3) is 4.95. The van der Waals surface area contributed by atoms with Gasteiger partial charge in [0.25, 0.3) is 5.19 Å². The number of hydrogen-bond donors (Lipinski definition) is 2. The number of thiazole rings is 1. The molecule has 1 atom stereocenters. The first kappa shape index (κ1) is 18.7. The Hall–Kier alpha value is -3.13. The molecule has 6 nitrogen and oxygen atoms in total. The molecule has 0 aliphatic rings. The molecule has 0 aliphatic carbocycles. The van der Waals surface area contributed by atoms with Crippen LogP contribution in [0.2, 0.25) is 0 Å². The van der Waals surface area contributed by atoms with Gasteiger partial charge in [0.05, 0.1) is 12.2 Å². The summed E-state index contributed by atoms with van der Waals surface area (Å²) in [4.78, 5) is 15.2. The molecule has 1 unspecified atom stereocenters. The fraction of sp³-hybridized carbons (Fsp3) is 0.158. The molecule has 3 rings (SSSR count). The van der Waals surface area contributed by atoms with E-state index in [9.17, 15) is 14.3 Å². The molecule has 0 saturated carbocycles. The van der Waals surface area contributed by atoms with Crippen LogP contribution in [-0.4, -0.2) is 16.0 Å². The SMILES string of the molecule is CC(=O)NC(C)c1ccc(Oc2cnc(Oc3ccc(O)cc3F)s2)cc1. The van der Waals surface area contributed by atoms with Gasteiger partial charge in [-0.3, -0.25) is 4.79 Å². The van der Waals surface area contributed by atoms with Crippen molar-refractivity contribution in [3.05, 3.63) is 60.0 Å². The van der Waals surface area contributed by atoms with E-state index in [0.717, 1.165) is 23.0 Å². The average molecular weight is 388 g/mol. The number of rotatable bonds is 6. The van der Waals surface area contributed by atoms with Gasteiger partial charge in [0.15, 0.2) is 11.6 Å². The monoisotopic (exact) mass is 388 g/mol. The van der Waals surface area contributed by atoms with E-state index >= 15 is 0 Å². The van der Waals surface area contributed by atoms with E-state index in [2.05, 4.69) is 10.3 Å². The number of amides is 1. The number of halogens is 1. The third-order valence-electron chi connectivity index (χ3n) is 3.59. The van der Waals surface area contributed by atoms with Gasteiger partial charge in [0, 0.05) is 13.0 Å². The number of carbonyl (C=O) groups is 1. The van der Waals surface area contributed by atoms with Crippen LogP contribution in [-0.2, 0) is 4.79 Å². The van der Waals surface area contributed by atoms with Crippen molar-refractivity contribution in [1.82, 2.24) is 10.3 Å². The first-order valence-electron chi connectivity index (χ1n) is 8.08. The highest BCUT2D eigenvalue weighted by Crippen LogP contribution is 2.35. The second-order valence-electron chi connectivity index (χ2n) is 5.76. The van der Waals surface area contributed by atoms with E-state index < -0.39 is 5.82 Å². The maximum absolute atomic E-state index is 13.7. The van der Waals surface area contributed by atoms with Gasteiger partial charge >= 0.3 is 0 Å². The van der Waals surface area contributed by atoms with Crippen LogP contribution in [0.1, 0.15) is 25.5 Å². The van der Waals surface area contributed by atoms with Crippen molar-refractivity contribution in [3.63, 3.8) is 0 Å². The molecular weight excluding hydrogens is 371 g/mol. The lowest BCUT2D eigenvalue weighted by Gasteiger charge is -2.13. The maximum atomic E-state index is 13.7. The number of aromatic hydroxyl groups is 1. The minimum atomic E-state index is -0.684. The van der Waals surface area contributed by atoms with Gasteiger partial charge in [-0.25, -0.2) is 9.37 Å². The van der Waals surface area contributed by atoms with Gasteiger partial charge in [-0.05, 0) is 48.1 Å².